The van der Waals surface area contributed by atoms with Crippen LogP contribution in [0.4, 0.5) is 0 Å². The summed E-state index contributed by atoms with van der Waals surface area (Å²) in [6.45, 7) is 6.57. The lowest BCUT2D eigenvalue weighted by Crippen LogP contribution is -2.56. The maximum Gasteiger partial charge on any atom is 0.282 e. The van der Waals surface area contributed by atoms with E-state index in [9.17, 15) is 8.42 Å². The SMILES string of the molecule is CCN1CCN(S(=O)(=O)N2CCCCC2CCl)CC1. The van der Waals surface area contributed by atoms with E-state index in [1.807, 2.05) is 0 Å². The van der Waals surface area contributed by atoms with E-state index in [2.05, 4.69) is 11.8 Å². The summed E-state index contributed by atoms with van der Waals surface area (Å²) in [6.07, 6.45) is 2.91. The van der Waals surface area contributed by atoms with E-state index in [1.165, 1.54) is 0 Å². The lowest BCUT2D eigenvalue weighted by molar-refractivity contribution is 0.178. The molecule has 0 spiro atoms. The predicted octanol–water partition coefficient (Wildman–Crippen LogP) is 0.962. The number of rotatable bonds is 4. The number of halogens is 1. The molecule has 0 saturated carbocycles. The van der Waals surface area contributed by atoms with Crippen LogP contribution in [-0.2, 0) is 10.2 Å². The van der Waals surface area contributed by atoms with Crippen LogP contribution < -0.4 is 0 Å². The molecule has 2 aliphatic heterocycles. The number of hydrogen-bond acceptors (Lipinski definition) is 3. The third-order valence-corrected chi connectivity index (χ3v) is 6.60. The Bertz CT molecular complexity index is 382. The van der Waals surface area contributed by atoms with Gasteiger partial charge in [-0.1, -0.05) is 13.3 Å². The molecule has 2 fully saturated rings. The van der Waals surface area contributed by atoms with Gasteiger partial charge in [0.15, 0.2) is 0 Å². The molecule has 5 nitrogen and oxygen atoms in total. The molecule has 7 heteroatoms. The number of piperazine rings is 1. The minimum atomic E-state index is -3.32. The maximum absolute atomic E-state index is 12.7. The molecule has 1 unspecified atom stereocenters. The van der Waals surface area contributed by atoms with Crippen molar-refractivity contribution < 1.29 is 8.42 Å². The van der Waals surface area contributed by atoms with Crippen LogP contribution in [0.2, 0.25) is 0 Å². The standard InChI is InChI=1S/C12H24ClN3O2S/c1-2-14-7-9-15(10-8-14)19(17,18)16-6-4-3-5-12(16)11-13/h12H,2-11H2,1H3. The average Bonchev–Trinajstić information content (AvgIpc) is 2.47. The molecule has 0 N–H and O–H groups in total. The largest absolute Gasteiger partial charge is 0.301 e. The lowest BCUT2D eigenvalue weighted by atomic mass is 10.1. The summed E-state index contributed by atoms with van der Waals surface area (Å²) in [5, 5.41) is 0. The number of alkyl halides is 1. The van der Waals surface area contributed by atoms with Crippen molar-refractivity contribution in [2.45, 2.75) is 32.2 Å². The van der Waals surface area contributed by atoms with Crippen LogP contribution in [0, 0.1) is 0 Å². The topological polar surface area (TPSA) is 43.9 Å². The fraction of sp³-hybridized carbons (Fsp3) is 1.00. The molecule has 1 atom stereocenters. The predicted molar refractivity (Wildman–Crippen MR) is 77.7 cm³/mol. The quantitative estimate of drug-likeness (QED) is 0.727. The fourth-order valence-electron chi connectivity index (χ4n) is 2.86. The summed E-state index contributed by atoms with van der Waals surface area (Å²) >= 11 is 5.93. The van der Waals surface area contributed by atoms with Gasteiger partial charge in [-0.25, -0.2) is 0 Å². The molecular formula is C12H24ClN3O2S. The molecule has 19 heavy (non-hydrogen) atoms. The number of likely N-dealkylation sites (N-methyl/N-ethyl adjacent to an activating group) is 1. The van der Waals surface area contributed by atoms with Gasteiger partial charge in [0, 0.05) is 44.6 Å². The van der Waals surface area contributed by atoms with E-state index in [0.717, 1.165) is 38.9 Å². The first-order valence-corrected chi connectivity index (χ1v) is 9.08. The second-order valence-electron chi connectivity index (χ2n) is 5.26. The van der Waals surface area contributed by atoms with Gasteiger partial charge in [0.25, 0.3) is 10.2 Å². The van der Waals surface area contributed by atoms with Crippen LogP contribution in [0.15, 0.2) is 0 Å². The van der Waals surface area contributed by atoms with E-state index >= 15 is 0 Å². The minimum Gasteiger partial charge on any atom is -0.301 e. The van der Waals surface area contributed by atoms with Gasteiger partial charge in [0.2, 0.25) is 0 Å². The summed E-state index contributed by atoms with van der Waals surface area (Å²) in [7, 11) is -3.32. The highest BCUT2D eigenvalue weighted by molar-refractivity contribution is 7.86. The fourth-order valence-corrected chi connectivity index (χ4v) is 5.10. The molecule has 2 heterocycles. The lowest BCUT2D eigenvalue weighted by Gasteiger charge is -2.40. The highest BCUT2D eigenvalue weighted by atomic mass is 35.5. The van der Waals surface area contributed by atoms with Gasteiger partial charge in [-0.15, -0.1) is 11.6 Å². The minimum absolute atomic E-state index is 0.0235. The first-order valence-electron chi connectivity index (χ1n) is 7.14. The Morgan fingerprint density at radius 2 is 1.79 bits per heavy atom. The molecule has 0 bridgehead atoms. The van der Waals surface area contributed by atoms with E-state index in [0.29, 0.717) is 25.5 Å². The molecule has 0 radical (unpaired) electrons. The van der Waals surface area contributed by atoms with Crippen molar-refractivity contribution in [3.05, 3.63) is 0 Å². The average molecular weight is 310 g/mol. The summed E-state index contributed by atoms with van der Waals surface area (Å²) < 4.78 is 28.6. The third kappa shape index (κ3) is 3.42. The monoisotopic (exact) mass is 309 g/mol. The van der Waals surface area contributed by atoms with Gasteiger partial charge < -0.3 is 4.90 Å². The molecule has 2 aliphatic rings. The summed E-state index contributed by atoms with van der Waals surface area (Å²) in [6, 6.07) is -0.0235. The van der Waals surface area contributed by atoms with Gasteiger partial charge in [-0.2, -0.15) is 17.0 Å². The molecule has 0 aromatic carbocycles. The molecule has 0 aromatic rings. The van der Waals surface area contributed by atoms with Crippen LogP contribution in [0.3, 0.4) is 0 Å². The number of hydrogen-bond donors (Lipinski definition) is 0. The van der Waals surface area contributed by atoms with Crippen molar-refractivity contribution in [1.82, 2.24) is 13.5 Å². The van der Waals surface area contributed by atoms with Crippen molar-refractivity contribution in [1.29, 1.82) is 0 Å². The molecular weight excluding hydrogens is 286 g/mol. The second kappa shape index (κ2) is 6.72. The Morgan fingerprint density at radius 3 is 2.37 bits per heavy atom. The summed E-state index contributed by atoms with van der Waals surface area (Å²) in [4.78, 5) is 2.28. The smallest absolute Gasteiger partial charge is 0.282 e. The molecule has 2 rings (SSSR count). The van der Waals surface area contributed by atoms with E-state index in [1.54, 1.807) is 8.61 Å². The molecule has 112 valence electrons. The van der Waals surface area contributed by atoms with Gasteiger partial charge in [-0.3, -0.25) is 0 Å². The molecule has 2 saturated heterocycles. The highest BCUT2D eigenvalue weighted by Gasteiger charge is 2.37. The first kappa shape index (κ1) is 15.5. The summed E-state index contributed by atoms with van der Waals surface area (Å²) in [5.74, 6) is 0.397. The molecule has 0 aromatic heterocycles. The Kier molecular flexibility index (Phi) is 5.48. The Balaban J connectivity index is 2.05. The van der Waals surface area contributed by atoms with Gasteiger partial charge >= 0.3 is 0 Å². The third-order valence-electron chi connectivity index (χ3n) is 4.15. The van der Waals surface area contributed by atoms with Crippen LogP contribution >= 0.6 is 11.6 Å². The summed E-state index contributed by atoms with van der Waals surface area (Å²) in [5.41, 5.74) is 0. The highest BCUT2D eigenvalue weighted by Crippen LogP contribution is 2.24. The van der Waals surface area contributed by atoms with Crippen molar-refractivity contribution in [2.24, 2.45) is 0 Å². The zero-order chi connectivity index (χ0) is 13.9. The number of nitrogens with zero attached hydrogens (tertiary/aromatic N) is 3. The molecule has 0 aliphatic carbocycles. The van der Waals surface area contributed by atoms with Crippen LogP contribution in [-0.4, -0.2) is 73.1 Å². The normalized spacial score (nSPS) is 28.6. The van der Waals surface area contributed by atoms with Gasteiger partial charge in [0.05, 0.1) is 0 Å². The van der Waals surface area contributed by atoms with Crippen molar-refractivity contribution in [3.63, 3.8) is 0 Å². The van der Waals surface area contributed by atoms with E-state index < -0.39 is 10.2 Å². The molecule has 0 amide bonds. The van der Waals surface area contributed by atoms with Gasteiger partial charge in [-0.05, 0) is 19.4 Å². The number of piperidine rings is 1. The Morgan fingerprint density at radius 1 is 1.11 bits per heavy atom. The maximum atomic E-state index is 12.7. The van der Waals surface area contributed by atoms with Crippen molar-refractivity contribution >= 4 is 21.8 Å². The Labute approximate surface area is 121 Å². The van der Waals surface area contributed by atoms with Crippen LogP contribution in [0.1, 0.15) is 26.2 Å². The zero-order valence-electron chi connectivity index (χ0n) is 11.6. The zero-order valence-corrected chi connectivity index (χ0v) is 13.2. The second-order valence-corrected chi connectivity index (χ2v) is 7.45. The van der Waals surface area contributed by atoms with Gasteiger partial charge in [0.1, 0.15) is 0 Å². The van der Waals surface area contributed by atoms with Crippen molar-refractivity contribution in [2.75, 3.05) is 45.1 Å². The van der Waals surface area contributed by atoms with Crippen LogP contribution in [0.25, 0.3) is 0 Å². The Hall–Kier alpha value is 0.120. The van der Waals surface area contributed by atoms with Crippen LogP contribution in [0.5, 0.6) is 0 Å². The van der Waals surface area contributed by atoms with E-state index in [-0.39, 0.29) is 6.04 Å². The van der Waals surface area contributed by atoms with Crippen molar-refractivity contribution in [3.8, 4) is 0 Å². The first-order chi connectivity index (χ1) is 9.09. The van der Waals surface area contributed by atoms with E-state index in [4.69, 9.17) is 11.6 Å².